The number of fused-ring (bicyclic) bond motifs is 1. The van der Waals surface area contributed by atoms with Gasteiger partial charge in [-0.25, -0.2) is 19.2 Å². The Bertz CT molecular complexity index is 692. The minimum atomic E-state index is -1.31. The maximum absolute atomic E-state index is 13.5. The molecular weight excluding hydrogens is 279 g/mol. The Morgan fingerprint density at radius 2 is 2.29 bits per heavy atom. The zero-order chi connectivity index (χ0) is 15.1. The van der Waals surface area contributed by atoms with Gasteiger partial charge in [0.25, 0.3) is 0 Å². The number of aliphatic hydroxyl groups is 1. The Hall–Kier alpha value is -2.22. The Morgan fingerprint density at radius 1 is 1.52 bits per heavy atom. The molecule has 1 aliphatic rings. The van der Waals surface area contributed by atoms with Gasteiger partial charge in [0.1, 0.15) is 17.8 Å². The number of aromatic carboxylic acids is 1. The number of β-amino-alcohol motifs (C(OH)–C–C–N with tert-alkyl or cyclic N) is 1. The molecule has 112 valence electrons. The number of imidazole rings is 1. The van der Waals surface area contributed by atoms with Crippen LogP contribution in [-0.4, -0.2) is 56.1 Å². The average molecular weight is 294 g/mol. The third-order valence-corrected chi connectivity index (χ3v) is 3.63. The smallest absolute Gasteiger partial charge is 0.337 e. The number of alkyl halides is 1. The number of carboxylic acid groups (broad SMARTS) is 1. The highest BCUT2D eigenvalue weighted by atomic mass is 19.1. The molecule has 2 aromatic rings. The second-order valence-corrected chi connectivity index (χ2v) is 5.02. The van der Waals surface area contributed by atoms with Gasteiger partial charge in [0.2, 0.25) is 5.95 Å². The Labute approximate surface area is 119 Å². The van der Waals surface area contributed by atoms with Crippen LogP contribution < -0.4 is 4.90 Å². The van der Waals surface area contributed by atoms with Gasteiger partial charge in [-0.15, -0.1) is 0 Å². The number of rotatable bonds is 3. The maximum atomic E-state index is 13.5. The van der Waals surface area contributed by atoms with E-state index in [1.54, 1.807) is 9.47 Å². The third kappa shape index (κ3) is 2.21. The van der Waals surface area contributed by atoms with Crippen molar-refractivity contribution in [3.05, 3.63) is 17.8 Å². The highest BCUT2D eigenvalue weighted by molar-refractivity contribution is 5.91. The molecule has 1 saturated heterocycles. The van der Waals surface area contributed by atoms with Crippen LogP contribution in [0.2, 0.25) is 0 Å². The standard InChI is InChI=1S/C13H15FN4O3/c1-2-18-11-9(3-7(4-15-11)12(20)21)16-13(18)17-5-8(14)10(19)6-17/h3-4,8,10,19H,2,5-6H2,1H3,(H,20,21)/t8-,10-/m1/s1. The van der Waals surface area contributed by atoms with Gasteiger partial charge in [0, 0.05) is 19.3 Å². The first-order valence-electron chi connectivity index (χ1n) is 6.68. The molecule has 1 fully saturated rings. The summed E-state index contributed by atoms with van der Waals surface area (Å²) in [4.78, 5) is 21.1. The molecule has 0 aromatic carbocycles. The number of halogens is 1. The van der Waals surface area contributed by atoms with Crippen molar-refractivity contribution in [1.29, 1.82) is 0 Å². The summed E-state index contributed by atoms with van der Waals surface area (Å²) < 4.78 is 15.3. The predicted octanol–water partition coefficient (Wildman–Crippen LogP) is 0.668. The third-order valence-electron chi connectivity index (χ3n) is 3.63. The number of carboxylic acids is 1. The molecule has 3 heterocycles. The molecule has 3 rings (SSSR count). The SMILES string of the molecule is CCn1c(N2C[C@@H](O)[C@H](F)C2)nc2cc(C(=O)O)cnc21. The molecule has 2 atom stereocenters. The zero-order valence-electron chi connectivity index (χ0n) is 11.4. The molecule has 1 aliphatic heterocycles. The number of pyridine rings is 1. The number of anilines is 1. The van der Waals surface area contributed by atoms with Gasteiger partial charge in [-0.1, -0.05) is 0 Å². The van der Waals surface area contributed by atoms with Gasteiger partial charge in [-0.05, 0) is 13.0 Å². The van der Waals surface area contributed by atoms with E-state index < -0.39 is 18.2 Å². The maximum Gasteiger partial charge on any atom is 0.337 e. The number of aryl methyl sites for hydroxylation is 1. The van der Waals surface area contributed by atoms with Crippen molar-refractivity contribution >= 4 is 23.1 Å². The van der Waals surface area contributed by atoms with Gasteiger partial charge in [0.15, 0.2) is 5.65 Å². The number of hydrogen-bond acceptors (Lipinski definition) is 5. The van der Waals surface area contributed by atoms with Crippen LogP contribution in [0.3, 0.4) is 0 Å². The number of hydrogen-bond donors (Lipinski definition) is 2. The minimum Gasteiger partial charge on any atom is -0.478 e. The number of nitrogens with zero attached hydrogens (tertiary/aromatic N) is 4. The number of aliphatic hydroxyl groups excluding tert-OH is 1. The van der Waals surface area contributed by atoms with Crippen LogP contribution in [0.25, 0.3) is 11.2 Å². The molecule has 0 unspecified atom stereocenters. The summed E-state index contributed by atoms with van der Waals surface area (Å²) in [6, 6.07) is 1.44. The topological polar surface area (TPSA) is 91.5 Å². The lowest BCUT2D eigenvalue weighted by Gasteiger charge is -2.17. The highest BCUT2D eigenvalue weighted by Crippen LogP contribution is 2.26. The van der Waals surface area contributed by atoms with Crippen LogP contribution in [0.4, 0.5) is 10.3 Å². The van der Waals surface area contributed by atoms with Crippen LogP contribution >= 0.6 is 0 Å². The average Bonchev–Trinajstić information content (AvgIpc) is 2.98. The van der Waals surface area contributed by atoms with Crippen molar-refractivity contribution < 1.29 is 19.4 Å². The minimum absolute atomic E-state index is 0.0552. The fourth-order valence-corrected chi connectivity index (χ4v) is 2.56. The molecular formula is C13H15FN4O3. The van der Waals surface area contributed by atoms with E-state index in [9.17, 15) is 14.3 Å². The van der Waals surface area contributed by atoms with E-state index in [0.29, 0.717) is 23.7 Å². The van der Waals surface area contributed by atoms with E-state index in [-0.39, 0.29) is 18.7 Å². The second-order valence-electron chi connectivity index (χ2n) is 5.02. The summed E-state index contributed by atoms with van der Waals surface area (Å²) >= 11 is 0. The molecule has 0 spiro atoms. The lowest BCUT2D eigenvalue weighted by molar-refractivity contribution is 0.0696. The van der Waals surface area contributed by atoms with Crippen LogP contribution in [0, 0.1) is 0 Å². The molecule has 8 heteroatoms. The summed E-state index contributed by atoms with van der Waals surface area (Å²) in [6.07, 6.45) is -1.06. The summed E-state index contributed by atoms with van der Waals surface area (Å²) in [7, 11) is 0. The van der Waals surface area contributed by atoms with Crippen molar-refractivity contribution in [2.24, 2.45) is 0 Å². The normalized spacial score (nSPS) is 22.1. The van der Waals surface area contributed by atoms with E-state index >= 15 is 0 Å². The summed E-state index contributed by atoms with van der Waals surface area (Å²) in [5.41, 5.74) is 1.05. The summed E-state index contributed by atoms with van der Waals surface area (Å²) in [5.74, 6) is -0.570. The Morgan fingerprint density at radius 3 is 2.86 bits per heavy atom. The van der Waals surface area contributed by atoms with Crippen LogP contribution in [0.15, 0.2) is 12.3 Å². The van der Waals surface area contributed by atoms with Crippen molar-refractivity contribution in [2.75, 3.05) is 18.0 Å². The van der Waals surface area contributed by atoms with Crippen LogP contribution in [-0.2, 0) is 6.54 Å². The second kappa shape index (κ2) is 4.96. The number of aromatic nitrogens is 3. The fraction of sp³-hybridized carbons (Fsp3) is 0.462. The van der Waals surface area contributed by atoms with Gasteiger partial charge in [-0.2, -0.15) is 0 Å². The van der Waals surface area contributed by atoms with Gasteiger partial charge in [-0.3, -0.25) is 4.57 Å². The lowest BCUT2D eigenvalue weighted by atomic mass is 10.3. The van der Waals surface area contributed by atoms with Crippen molar-refractivity contribution in [3.8, 4) is 0 Å². The van der Waals surface area contributed by atoms with Crippen molar-refractivity contribution in [1.82, 2.24) is 14.5 Å². The van der Waals surface area contributed by atoms with Crippen LogP contribution in [0.1, 0.15) is 17.3 Å². The van der Waals surface area contributed by atoms with Gasteiger partial charge in [0.05, 0.1) is 12.1 Å². The Kier molecular flexibility index (Phi) is 3.25. The first-order chi connectivity index (χ1) is 10.0. The molecule has 0 aliphatic carbocycles. The zero-order valence-corrected chi connectivity index (χ0v) is 11.4. The number of carbonyl (C=O) groups is 1. The van der Waals surface area contributed by atoms with Crippen molar-refractivity contribution in [2.45, 2.75) is 25.7 Å². The van der Waals surface area contributed by atoms with E-state index in [1.807, 2.05) is 6.92 Å². The van der Waals surface area contributed by atoms with Crippen LogP contribution in [0.5, 0.6) is 0 Å². The first kappa shape index (κ1) is 13.7. The molecule has 0 amide bonds. The first-order valence-corrected chi connectivity index (χ1v) is 6.68. The molecule has 0 bridgehead atoms. The van der Waals surface area contributed by atoms with E-state index in [0.717, 1.165) is 0 Å². The lowest BCUT2D eigenvalue weighted by Crippen LogP contribution is -2.24. The van der Waals surface area contributed by atoms with E-state index in [4.69, 9.17) is 5.11 Å². The monoisotopic (exact) mass is 294 g/mol. The molecule has 2 N–H and O–H groups in total. The molecule has 21 heavy (non-hydrogen) atoms. The molecule has 7 nitrogen and oxygen atoms in total. The summed E-state index contributed by atoms with van der Waals surface area (Å²) in [5, 5.41) is 18.5. The Balaban J connectivity index is 2.08. The summed E-state index contributed by atoms with van der Waals surface area (Å²) in [6.45, 7) is 2.69. The molecule has 0 radical (unpaired) electrons. The van der Waals surface area contributed by atoms with E-state index in [2.05, 4.69) is 9.97 Å². The molecule has 2 aromatic heterocycles. The predicted molar refractivity (Wildman–Crippen MR) is 73.3 cm³/mol. The largest absolute Gasteiger partial charge is 0.478 e. The van der Waals surface area contributed by atoms with Gasteiger partial charge >= 0.3 is 5.97 Å². The highest BCUT2D eigenvalue weighted by Gasteiger charge is 2.33. The molecule has 0 saturated carbocycles. The van der Waals surface area contributed by atoms with Crippen molar-refractivity contribution in [3.63, 3.8) is 0 Å². The van der Waals surface area contributed by atoms with Gasteiger partial charge < -0.3 is 15.1 Å². The van der Waals surface area contributed by atoms with E-state index in [1.165, 1.54) is 12.3 Å². The fourth-order valence-electron chi connectivity index (χ4n) is 2.56. The quantitative estimate of drug-likeness (QED) is 0.864.